The minimum absolute atomic E-state index is 0.0912. The molecule has 1 aliphatic rings. The molecule has 1 aliphatic heterocycles. The maximum Gasteiger partial charge on any atom is 0.275 e. The van der Waals surface area contributed by atoms with Gasteiger partial charge in [-0.2, -0.15) is 0 Å². The van der Waals surface area contributed by atoms with Crippen molar-refractivity contribution in [3.8, 4) is 0 Å². The van der Waals surface area contributed by atoms with Crippen LogP contribution in [0.1, 0.15) is 11.1 Å². The van der Waals surface area contributed by atoms with Gasteiger partial charge in [0.25, 0.3) is 5.91 Å². The third kappa shape index (κ3) is 4.79. The number of amides is 1. The van der Waals surface area contributed by atoms with Gasteiger partial charge in [0.2, 0.25) is 0 Å². The molecule has 0 spiro atoms. The monoisotopic (exact) mass is 342 g/mol. The van der Waals surface area contributed by atoms with Crippen LogP contribution in [0.3, 0.4) is 0 Å². The quantitative estimate of drug-likeness (QED) is 0.855. The summed E-state index contributed by atoms with van der Waals surface area (Å²) in [5.41, 5.74) is 3.40. The van der Waals surface area contributed by atoms with Crippen molar-refractivity contribution in [1.29, 1.82) is 0 Å². The molecule has 0 saturated carbocycles. The maximum absolute atomic E-state index is 13.0. The van der Waals surface area contributed by atoms with E-state index >= 15 is 0 Å². The zero-order valence-electron chi connectivity index (χ0n) is 14.6. The van der Waals surface area contributed by atoms with Gasteiger partial charge in [0.05, 0.1) is 26.2 Å². The maximum atomic E-state index is 13.0. The highest BCUT2D eigenvalue weighted by molar-refractivity contribution is 5.76. The van der Waals surface area contributed by atoms with Crippen LogP contribution in [0.15, 0.2) is 48.5 Å². The lowest BCUT2D eigenvalue weighted by Gasteiger charge is -2.33. The number of benzene rings is 2. The summed E-state index contributed by atoms with van der Waals surface area (Å²) in [5.74, 6) is -0.119. The van der Waals surface area contributed by atoms with Gasteiger partial charge in [-0.05, 0) is 42.3 Å². The lowest BCUT2D eigenvalue weighted by atomic mass is 10.1. The van der Waals surface area contributed by atoms with Crippen LogP contribution in [0.4, 0.5) is 10.1 Å². The Morgan fingerprint density at radius 2 is 1.80 bits per heavy atom. The van der Waals surface area contributed by atoms with Gasteiger partial charge in [-0.3, -0.25) is 4.79 Å². The molecule has 0 radical (unpaired) electrons. The Hall–Kier alpha value is -2.40. The van der Waals surface area contributed by atoms with Crippen molar-refractivity contribution in [2.75, 3.05) is 37.6 Å². The van der Waals surface area contributed by atoms with Crippen molar-refractivity contribution >= 4 is 11.6 Å². The van der Waals surface area contributed by atoms with Crippen LogP contribution < -0.4 is 15.1 Å². The highest BCUT2D eigenvalue weighted by Gasteiger charge is 2.22. The average Bonchev–Trinajstić information content (AvgIpc) is 2.62. The van der Waals surface area contributed by atoms with Crippen LogP contribution in [0.2, 0.25) is 0 Å². The Labute approximate surface area is 148 Å². The Balaban J connectivity index is 1.43. The summed E-state index contributed by atoms with van der Waals surface area (Å²) in [6.45, 7) is 6.73. The fourth-order valence-corrected chi connectivity index (χ4v) is 3.20. The number of piperazine rings is 1. The van der Waals surface area contributed by atoms with E-state index in [0.29, 0.717) is 13.1 Å². The van der Waals surface area contributed by atoms with Crippen LogP contribution in [-0.2, 0) is 11.3 Å². The van der Waals surface area contributed by atoms with Crippen LogP contribution in [0.5, 0.6) is 0 Å². The number of anilines is 1. The van der Waals surface area contributed by atoms with E-state index in [9.17, 15) is 9.18 Å². The minimum Gasteiger partial charge on any atom is -0.360 e. The number of halogens is 1. The van der Waals surface area contributed by atoms with Crippen LogP contribution in [0, 0.1) is 12.7 Å². The molecular formula is C20H25FN3O+. The predicted octanol–water partition coefficient (Wildman–Crippen LogP) is 1.16. The fraction of sp³-hybridized carbons (Fsp3) is 0.350. The first kappa shape index (κ1) is 17.4. The number of nitrogens with zero attached hydrogens (tertiary/aromatic N) is 1. The van der Waals surface area contributed by atoms with Gasteiger partial charge in [-0.25, -0.2) is 4.39 Å². The summed E-state index contributed by atoms with van der Waals surface area (Å²) in [6.07, 6.45) is 0. The first-order chi connectivity index (χ1) is 12.1. The Morgan fingerprint density at radius 3 is 2.48 bits per heavy atom. The molecule has 0 bridgehead atoms. The largest absolute Gasteiger partial charge is 0.360 e. The van der Waals surface area contributed by atoms with E-state index in [2.05, 4.69) is 23.2 Å². The minimum atomic E-state index is -0.210. The molecule has 2 N–H and O–H groups in total. The van der Waals surface area contributed by atoms with Crippen molar-refractivity contribution in [3.05, 3.63) is 65.5 Å². The lowest BCUT2D eigenvalue weighted by Crippen LogP contribution is -3.15. The summed E-state index contributed by atoms with van der Waals surface area (Å²) < 4.78 is 13.0. The molecule has 1 fully saturated rings. The zero-order valence-corrected chi connectivity index (χ0v) is 14.6. The highest BCUT2D eigenvalue weighted by Crippen LogP contribution is 2.14. The van der Waals surface area contributed by atoms with Gasteiger partial charge in [-0.1, -0.05) is 24.3 Å². The molecule has 25 heavy (non-hydrogen) atoms. The molecular weight excluding hydrogens is 317 g/mol. The topological polar surface area (TPSA) is 36.8 Å². The summed E-state index contributed by atoms with van der Waals surface area (Å²) in [6, 6.07) is 14.7. The van der Waals surface area contributed by atoms with Gasteiger partial charge >= 0.3 is 0 Å². The number of carbonyl (C=O) groups is 1. The second-order valence-corrected chi connectivity index (χ2v) is 6.59. The van der Waals surface area contributed by atoms with Crippen molar-refractivity contribution in [3.63, 3.8) is 0 Å². The number of quaternary nitrogens is 1. The average molecular weight is 342 g/mol. The summed E-state index contributed by atoms with van der Waals surface area (Å²) in [4.78, 5) is 15.7. The van der Waals surface area contributed by atoms with Gasteiger partial charge < -0.3 is 15.1 Å². The second-order valence-electron chi connectivity index (χ2n) is 6.59. The first-order valence-corrected chi connectivity index (χ1v) is 8.77. The van der Waals surface area contributed by atoms with Crippen molar-refractivity contribution in [1.82, 2.24) is 5.32 Å². The fourth-order valence-electron chi connectivity index (χ4n) is 3.20. The lowest BCUT2D eigenvalue weighted by molar-refractivity contribution is -0.892. The van der Waals surface area contributed by atoms with E-state index < -0.39 is 0 Å². The Bertz CT molecular complexity index is 709. The highest BCUT2D eigenvalue weighted by atomic mass is 19.1. The van der Waals surface area contributed by atoms with Crippen LogP contribution in [0.25, 0.3) is 0 Å². The molecule has 1 amide bonds. The van der Waals surface area contributed by atoms with Crippen LogP contribution in [-0.4, -0.2) is 38.6 Å². The Morgan fingerprint density at radius 1 is 1.12 bits per heavy atom. The normalized spacial score (nSPS) is 15.2. The third-order valence-corrected chi connectivity index (χ3v) is 4.81. The number of hydrogen-bond acceptors (Lipinski definition) is 2. The number of carbonyl (C=O) groups excluding carboxylic acids is 1. The number of rotatable bonds is 5. The van der Waals surface area contributed by atoms with E-state index in [-0.39, 0.29) is 11.7 Å². The molecule has 0 unspecified atom stereocenters. The van der Waals surface area contributed by atoms with Crippen LogP contribution >= 0.6 is 0 Å². The van der Waals surface area contributed by atoms with Crippen molar-refractivity contribution in [2.24, 2.45) is 0 Å². The zero-order chi connectivity index (χ0) is 17.6. The van der Waals surface area contributed by atoms with Gasteiger partial charge in [0, 0.05) is 12.2 Å². The molecule has 5 heteroatoms. The SMILES string of the molecule is Cc1ccccc1CNC(=O)C[NH+]1CCN(c2ccc(F)cc2)CC1. The number of aryl methyl sites for hydroxylation is 1. The molecule has 1 heterocycles. The van der Waals surface area contributed by atoms with Crippen molar-refractivity contribution < 1.29 is 14.1 Å². The molecule has 0 aliphatic carbocycles. The molecule has 4 nitrogen and oxygen atoms in total. The van der Waals surface area contributed by atoms with E-state index in [4.69, 9.17) is 0 Å². The summed E-state index contributed by atoms with van der Waals surface area (Å²) in [7, 11) is 0. The van der Waals surface area contributed by atoms with Gasteiger partial charge in [-0.15, -0.1) is 0 Å². The number of nitrogens with one attached hydrogen (secondary N) is 2. The molecule has 2 aromatic rings. The summed E-state index contributed by atoms with van der Waals surface area (Å²) >= 11 is 0. The molecule has 3 rings (SSSR count). The first-order valence-electron chi connectivity index (χ1n) is 8.77. The Kier molecular flexibility index (Phi) is 5.66. The molecule has 1 saturated heterocycles. The summed E-state index contributed by atoms with van der Waals surface area (Å²) in [5, 5.41) is 3.02. The van der Waals surface area contributed by atoms with Gasteiger partial charge in [0.15, 0.2) is 6.54 Å². The van der Waals surface area contributed by atoms with Gasteiger partial charge in [0.1, 0.15) is 5.82 Å². The van der Waals surface area contributed by atoms with E-state index in [1.165, 1.54) is 22.6 Å². The van der Waals surface area contributed by atoms with E-state index in [0.717, 1.165) is 37.4 Å². The predicted molar refractivity (Wildman–Crippen MR) is 97.2 cm³/mol. The standard InChI is InChI=1S/C20H24FN3O/c1-16-4-2-3-5-17(16)14-22-20(25)15-23-10-12-24(13-11-23)19-8-6-18(21)7-9-19/h2-9H,10-15H2,1H3,(H,22,25)/p+1. The second kappa shape index (κ2) is 8.12. The number of hydrogen-bond donors (Lipinski definition) is 2. The molecule has 132 valence electrons. The third-order valence-electron chi connectivity index (χ3n) is 4.81. The molecule has 0 atom stereocenters. The van der Waals surface area contributed by atoms with E-state index in [1.807, 2.05) is 30.3 Å². The van der Waals surface area contributed by atoms with Crippen molar-refractivity contribution in [2.45, 2.75) is 13.5 Å². The van der Waals surface area contributed by atoms with E-state index in [1.54, 1.807) is 0 Å². The molecule has 0 aromatic heterocycles. The smallest absolute Gasteiger partial charge is 0.275 e. The molecule has 2 aromatic carbocycles.